The van der Waals surface area contributed by atoms with E-state index in [0.717, 1.165) is 5.56 Å². The average molecular weight is 353 g/mol. The van der Waals surface area contributed by atoms with Gasteiger partial charge in [-0.2, -0.15) is 5.10 Å². The summed E-state index contributed by atoms with van der Waals surface area (Å²) in [5.74, 6) is -0.921. The first-order valence-electron chi connectivity index (χ1n) is 8.26. The topological polar surface area (TPSA) is 79.8 Å². The van der Waals surface area contributed by atoms with Crippen molar-refractivity contribution < 1.29 is 14.3 Å². The lowest BCUT2D eigenvalue weighted by atomic mass is 10.1. The second-order valence-electron chi connectivity index (χ2n) is 6.72. The zero-order chi connectivity index (χ0) is 19.0. The van der Waals surface area contributed by atoms with Gasteiger partial charge < -0.3 is 10.1 Å². The van der Waals surface area contributed by atoms with Crippen LogP contribution in [0.25, 0.3) is 0 Å². The van der Waals surface area contributed by atoms with Crippen molar-refractivity contribution >= 4 is 18.0 Å². The lowest BCUT2D eigenvalue weighted by Crippen LogP contribution is -2.47. The Morgan fingerprint density at radius 2 is 1.65 bits per heavy atom. The van der Waals surface area contributed by atoms with E-state index in [1.807, 2.05) is 54.6 Å². The third kappa shape index (κ3) is 6.39. The highest BCUT2D eigenvalue weighted by molar-refractivity contribution is 6.35. The standard InChI is InChI=1S/C20H23N3O3/c1-20(2,3)22-18(24)19(25)23-21-13-16-11-7-8-12-17(16)26-14-15-9-5-4-6-10-15/h4-13H,14H2,1-3H3,(H,22,24)(H,23,25). The molecule has 0 aliphatic heterocycles. The Morgan fingerprint density at radius 1 is 1.00 bits per heavy atom. The number of benzene rings is 2. The molecule has 0 bridgehead atoms. The van der Waals surface area contributed by atoms with Gasteiger partial charge in [-0.05, 0) is 38.5 Å². The lowest BCUT2D eigenvalue weighted by Gasteiger charge is -2.19. The molecule has 2 aromatic carbocycles. The molecule has 26 heavy (non-hydrogen) atoms. The SMILES string of the molecule is CC(C)(C)NC(=O)C(=O)NN=Cc1ccccc1OCc1ccccc1. The van der Waals surface area contributed by atoms with Crippen molar-refractivity contribution in [2.24, 2.45) is 5.10 Å². The summed E-state index contributed by atoms with van der Waals surface area (Å²) >= 11 is 0. The van der Waals surface area contributed by atoms with Crippen molar-refractivity contribution in [3.05, 3.63) is 65.7 Å². The van der Waals surface area contributed by atoms with Crippen molar-refractivity contribution in [3.63, 3.8) is 0 Å². The van der Waals surface area contributed by atoms with Gasteiger partial charge in [0.25, 0.3) is 0 Å². The number of nitrogens with one attached hydrogen (secondary N) is 2. The molecule has 0 spiro atoms. The first-order valence-corrected chi connectivity index (χ1v) is 8.26. The maximum Gasteiger partial charge on any atom is 0.329 e. The van der Waals surface area contributed by atoms with Crippen molar-refractivity contribution in [1.29, 1.82) is 0 Å². The number of rotatable bonds is 5. The van der Waals surface area contributed by atoms with Gasteiger partial charge in [0.2, 0.25) is 0 Å². The van der Waals surface area contributed by atoms with E-state index in [4.69, 9.17) is 4.74 Å². The molecule has 6 nitrogen and oxygen atoms in total. The molecule has 0 unspecified atom stereocenters. The summed E-state index contributed by atoms with van der Waals surface area (Å²) in [4.78, 5) is 23.4. The van der Waals surface area contributed by atoms with E-state index in [-0.39, 0.29) is 0 Å². The molecule has 0 heterocycles. The largest absolute Gasteiger partial charge is 0.488 e. The second kappa shape index (κ2) is 8.80. The van der Waals surface area contributed by atoms with Gasteiger partial charge in [0.05, 0.1) is 6.21 Å². The van der Waals surface area contributed by atoms with Gasteiger partial charge in [0, 0.05) is 11.1 Å². The molecule has 0 saturated carbocycles. The van der Waals surface area contributed by atoms with Crippen LogP contribution < -0.4 is 15.5 Å². The summed E-state index contributed by atoms with van der Waals surface area (Å²) in [6.45, 7) is 5.80. The molecule has 0 atom stereocenters. The Hall–Kier alpha value is -3.15. The van der Waals surface area contributed by atoms with Gasteiger partial charge in [0.1, 0.15) is 12.4 Å². The van der Waals surface area contributed by atoms with Crippen molar-refractivity contribution in [2.45, 2.75) is 32.9 Å². The Bertz CT molecular complexity index is 780. The first-order chi connectivity index (χ1) is 12.3. The van der Waals surface area contributed by atoms with Crippen LogP contribution in [0.5, 0.6) is 5.75 Å². The number of hydrogen-bond donors (Lipinski definition) is 2. The normalized spacial score (nSPS) is 11.2. The van der Waals surface area contributed by atoms with Crippen molar-refractivity contribution in [2.75, 3.05) is 0 Å². The molecule has 6 heteroatoms. The third-order valence-corrected chi connectivity index (χ3v) is 3.22. The average Bonchev–Trinajstić information content (AvgIpc) is 2.60. The molecule has 2 N–H and O–H groups in total. The summed E-state index contributed by atoms with van der Waals surface area (Å²) in [6.07, 6.45) is 1.45. The van der Waals surface area contributed by atoms with Crippen LogP contribution in [0.1, 0.15) is 31.9 Å². The van der Waals surface area contributed by atoms with Gasteiger partial charge in [-0.15, -0.1) is 0 Å². The zero-order valence-electron chi connectivity index (χ0n) is 15.2. The van der Waals surface area contributed by atoms with E-state index in [1.165, 1.54) is 6.21 Å². The second-order valence-corrected chi connectivity index (χ2v) is 6.72. The number of amides is 2. The predicted octanol–water partition coefficient (Wildman–Crippen LogP) is 2.63. The number of hydrogen-bond acceptors (Lipinski definition) is 4. The fraction of sp³-hybridized carbons (Fsp3) is 0.250. The number of para-hydroxylation sites is 1. The van der Waals surface area contributed by atoms with Crippen LogP contribution >= 0.6 is 0 Å². The fourth-order valence-corrected chi connectivity index (χ4v) is 2.06. The maximum atomic E-state index is 11.7. The Labute approximate surface area is 153 Å². The molecule has 0 fully saturated rings. The van der Waals surface area contributed by atoms with E-state index < -0.39 is 17.4 Å². The van der Waals surface area contributed by atoms with Crippen molar-refractivity contribution in [3.8, 4) is 5.75 Å². The van der Waals surface area contributed by atoms with Crippen LogP contribution in [0.2, 0.25) is 0 Å². The number of ether oxygens (including phenoxy) is 1. The van der Waals surface area contributed by atoms with Crippen molar-refractivity contribution in [1.82, 2.24) is 10.7 Å². The highest BCUT2D eigenvalue weighted by Crippen LogP contribution is 2.17. The molecule has 2 amide bonds. The van der Waals surface area contributed by atoms with Gasteiger partial charge in [0.15, 0.2) is 0 Å². The fourth-order valence-electron chi connectivity index (χ4n) is 2.06. The minimum Gasteiger partial charge on any atom is -0.488 e. The Balaban J connectivity index is 1.95. The molecular weight excluding hydrogens is 330 g/mol. The number of carbonyl (C=O) groups is 2. The van der Waals surface area contributed by atoms with Crippen LogP contribution in [0.3, 0.4) is 0 Å². The molecule has 0 radical (unpaired) electrons. The van der Waals surface area contributed by atoms with Gasteiger partial charge in [-0.25, -0.2) is 5.43 Å². The summed E-state index contributed by atoms with van der Waals surface area (Å²) in [5, 5.41) is 6.41. The highest BCUT2D eigenvalue weighted by Gasteiger charge is 2.19. The van der Waals surface area contributed by atoms with E-state index in [0.29, 0.717) is 17.9 Å². The third-order valence-electron chi connectivity index (χ3n) is 3.22. The molecule has 0 aromatic heterocycles. The van der Waals surface area contributed by atoms with E-state index >= 15 is 0 Å². The summed E-state index contributed by atoms with van der Waals surface area (Å²) < 4.78 is 5.81. The molecule has 136 valence electrons. The molecule has 0 aliphatic carbocycles. The van der Waals surface area contributed by atoms with Crippen LogP contribution in [0, 0.1) is 0 Å². The predicted molar refractivity (Wildman–Crippen MR) is 101 cm³/mol. The molecule has 0 saturated heterocycles. The monoisotopic (exact) mass is 353 g/mol. The van der Waals surface area contributed by atoms with E-state index in [9.17, 15) is 9.59 Å². The summed E-state index contributed by atoms with van der Waals surface area (Å²) in [5.41, 5.74) is 3.47. The Morgan fingerprint density at radius 3 is 2.35 bits per heavy atom. The maximum absolute atomic E-state index is 11.7. The number of carbonyl (C=O) groups excluding carboxylic acids is 2. The number of nitrogens with zero attached hydrogens (tertiary/aromatic N) is 1. The first kappa shape index (κ1) is 19.2. The Kier molecular flexibility index (Phi) is 6.49. The lowest BCUT2D eigenvalue weighted by molar-refractivity contribution is -0.140. The zero-order valence-corrected chi connectivity index (χ0v) is 15.2. The summed E-state index contributed by atoms with van der Waals surface area (Å²) in [6, 6.07) is 17.1. The van der Waals surface area contributed by atoms with Gasteiger partial charge >= 0.3 is 11.8 Å². The molecule has 2 rings (SSSR count). The minimum absolute atomic E-state index is 0.423. The summed E-state index contributed by atoms with van der Waals surface area (Å²) in [7, 11) is 0. The van der Waals surface area contributed by atoms with E-state index in [2.05, 4.69) is 15.8 Å². The van der Waals surface area contributed by atoms with Crippen LogP contribution in [0.15, 0.2) is 59.7 Å². The molecule has 2 aromatic rings. The van der Waals surface area contributed by atoms with Crippen LogP contribution in [-0.2, 0) is 16.2 Å². The van der Waals surface area contributed by atoms with Gasteiger partial charge in [-0.3, -0.25) is 9.59 Å². The van der Waals surface area contributed by atoms with Gasteiger partial charge in [-0.1, -0.05) is 42.5 Å². The quantitative estimate of drug-likeness (QED) is 0.493. The van der Waals surface area contributed by atoms with E-state index in [1.54, 1.807) is 20.8 Å². The number of hydrazone groups is 1. The minimum atomic E-state index is -0.820. The van der Waals surface area contributed by atoms with Crippen LogP contribution in [-0.4, -0.2) is 23.6 Å². The molecular formula is C20H23N3O3. The highest BCUT2D eigenvalue weighted by atomic mass is 16.5. The van der Waals surface area contributed by atoms with Crippen LogP contribution in [0.4, 0.5) is 0 Å². The molecule has 0 aliphatic rings. The smallest absolute Gasteiger partial charge is 0.329 e.